The summed E-state index contributed by atoms with van der Waals surface area (Å²) in [6.45, 7) is 3.13. The average molecular weight is 326 g/mol. The van der Waals surface area contributed by atoms with Crippen LogP contribution in [0.1, 0.15) is 37.0 Å². The molecule has 0 radical (unpaired) electrons. The Labute approximate surface area is 145 Å². The number of rotatable bonds is 4. The van der Waals surface area contributed by atoms with E-state index in [9.17, 15) is 0 Å². The lowest BCUT2D eigenvalue weighted by Crippen LogP contribution is -2.31. The van der Waals surface area contributed by atoms with Gasteiger partial charge in [-0.3, -0.25) is 4.90 Å². The highest BCUT2D eigenvalue weighted by atomic mass is 16.3. The molecule has 2 aliphatic rings. The molecule has 130 valence electrons. The van der Waals surface area contributed by atoms with E-state index < -0.39 is 0 Å². The van der Waals surface area contributed by atoms with Gasteiger partial charge in [-0.2, -0.15) is 0 Å². The molecule has 1 aromatic heterocycles. The fourth-order valence-electron chi connectivity index (χ4n) is 5.07. The normalized spacial score (nSPS) is 29.9. The van der Waals surface area contributed by atoms with Crippen molar-refractivity contribution < 1.29 is 4.42 Å². The molecule has 0 N–H and O–H groups in total. The summed E-state index contributed by atoms with van der Waals surface area (Å²) in [5.41, 5.74) is 2.33. The molecule has 0 aliphatic heterocycles. The molecule has 2 aromatic rings. The molecule has 24 heavy (non-hydrogen) atoms. The maximum atomic E-state index is 6.12. The predicted octanol–water partition coefficient (Wildman–Crippen LogP) is 4.29. The van der Waals surface area contributed by atoms with Crippen molar-refractivity contribution in [3.05, 3.63) is 35.6 Å². The summed E-state index contributed by atoms with van der Waals surface area (Å²) in [6, 6.07) is 9.92. The molecule has 2 fully saturated rings. The number of nitrogens with zero attached hydrogens (tertiary/aromatic N) is 2. The van der Waals surface area contributed by atoms with Gasteiger partial charge in [0, 0.05) is 17.5 Å². The number of fused-ring (bicyclic) bond motifs is 2. The average Bonchev–Trinajstić information content (AvgIpc) is 3.20. The molecule has 0 spiro atoms. The summed E-state index contributed by atoms with van der Waals surface area (Å²) in [7, 11) is 6.75. The van der Waals surface area contributed by atoms with Crippen LogP contribution in [-0.2, 0) is 6.54 Å². The second-order valence-electron chi connectivity index (χ2n) is 8.30. The molecular weight excluding hydrogens is 296 g/mol. The molecule has 0 saturated heterocycles. The lowest BCUT2D eigenvalue weighted by molar-refractivity contribution is 0.200. The Morgan fingerprint density at radius 1 is 0.958 bits per heavy atom. The first-order chi connectivity index (χ1) is 11.5. The highest BCUT2D eigenvalue weighted by Gasteiger charge is 2.43. The van der Waals surface area contributed by atoms with Crippen LogP contribution in [-0.4, -0.2) is 43.0 Å². The zero-order valence-corrected chi connectivity index (χ0v) is 15.5. The van der Waals surface area contributed by atoms with Crippen LogP contribution in [0, 0.1) is 18.8 Å². The molecule has 0 bridgehead atoms. The summed E-state index contributed by atoms with van der Waals surface area (Å²) in [5.74, 6) is 3.00. The minimum absolute atomic E-state index is 0.718. The maximum Gasteiger partial charge on any atom is 0.134 e. The van der Waals surface area contributed by atoms with E-state index in [1.54, 1.807) is 0 Å². The number of hydrogen-bond acceptors (Lipinski definition) is 3. The SMILES string of the molecule is Cc1c(CN(C)C2C[C@H]3CC(N(C)C)C[C@H]3C2)oc2ccccc12. The standard InChI is InChI=1S/C21H30N2O/c1-14-19-7-5-6-8-20(19)24-21(14)13-23(4)18-11-15-9-17(22(2)3)10-16(15)12-18/h5-8,15-18H,9-13H2,1-4H3/t15-,16+,17?,18?. The Kier molecular flexibility index (Phi) is 4.17. The van der Waals surface area contributed by atoms with Crippen LogP contribution in [0.5, 0.6) is 0 Å². The Morgan fingerprint density at radius 2 is 1.58 bits per heavy atom. The molecule has 2 aliphatic carbocycles. The van der Waals surface area contributed by atoms with E-state index in [-0.39, 0.29) is 0 Å². The Balaban J connectivity index is 1.42. The number of para-hydroxylation sites is 1. The second-order valence-corrected chi connectivity index (χ2v) is 8.30. The van der Waals surface area contributed by atoms with E-state index >= 15 is 0 Å². The van der Waals surface area contributed by atoms with Gasteiger partial charge in [-0.1, -0.05) is 18.2 Å². The van der Waals surface area contributed by atoms with Crippen LogP contribution < -0.4 is 0 Å². The number of aryl methyl sites for hydroxylation is 1. The monoisotopic (exact) mass is 326 g/mol. The van der Waals surface area contributed by atoms with Gasteiger partial charge in [0.15, 0.2) is 0 Å². The zero-order chi connectivity index (χ0) is 16.8. The van der Waals surface area contributed by atoms with Crippen LogP contribution in [0.3, 0.4) is 0 Å². The Hall–Kier alpha value is -1.32. The van der Waals surface area contributed by atoms with Gasteiger partial charge in [-0.05, 0) is 77.2 Å². The first-order valence-electron chi connectivity index (χ1n) is 9.36. The van der Waals surface area contributed by atoms with Crippen molar-refractivity contribution in [2.75, 3.05) is 21.1 Å². The van der Waals surface area contributed by atoms with Crippen LogP contribution in [0.15, 0.2) is 28.7 Å². The lowest BCUT2D eigenvalue weighted by Gasteiger charge is -2.26. The van der Waals surface area contributed by atoms with Gasteiger partial charge in [0.2, 0.25) is 0 Å². The lowest BCUT2D eigenvalue weighted by atomic mass is 10.0. The van der Waals surface area contributed by atoms with E-state index in [2.05, 4.69) is 62.1 Å². The largest absolute Gasteiger partial charge is 0.459 e. The zero-order valence-electron chi connectivity index (χ0n) is 15.5. The van der Waals surface area contributed by atoms with Crippen LogP contribution >= 0.6 is 0 Å². The summed E-state index contributed by atoms with van der Waals surface area (Å²) in [4.78, 5) is 4.96. The first-order valence-corrected chi connectivity index (χ1v) is 9.36. The number of furan rings is 1. The molecule has 3 nitrogen and oxygen atoms in total. The van der Waals surface area contributed by atoms with Crippen LogP contribution in [0.4, 0.5) is 0 Å². The van der Waals surface area contributed by atoms with Crippen molar-refractivity contribution in [1.82, 2.24) is 9.80 Å². The van der Waals surface area contributed by atoms with Crippen LogP contribution in [0.25, 0.3) is 11.0 Å². The molecule has 2 saturated carbocycles. The van der Waals surface area contributed by atoms with Crippen molar-refractivity contribution in [1.29, 1.82) is 0 Å². The molecule has 1 heterocycles. The topological polar surface area (TPSA) is 19.6 Å². The number of benzene rings is 1. The second kappa shape index (κ2) is 6.20. The minimum atomic E-state index is 0.718. The van der Waals surface area contributed by atoms with Crippen LogP contribution in [0.2, 0.25) is 0 Å². The molecule has 4 rings (SSSR count). The summed E-state index contributed by atoms with van der Waals surface area (Å²) < 4.78 is 6.12. The third kappa shape index (κ3) is 2.78. The maximum absolute atomic E-state index is 6.12. The third-order valence-corrected chi connectivity index (χ3v) is 6.66. The van der Waals surface area contributed by atoms with E-state index in [0.717, 1.165) is 41.8 Å². The third-order valence-electron chi connectivity index (χ3n) is 6.66. The van der Waals surface area contributed by atoms with Crippen molar-refractivity contribution >= 4 is 11.0 Å². The van der Waals surface area contributed by atoms with Crippen molar-refractivity contribution in [2.24, 2.45) is 11.8 Å². The van der Waals surface area contributed by atoms with Gasteiger partial charge < -0.3 is 9.32 Å². The number of hydrogen-bond donors (Lipinski definition) is 0. The van der Waals surface area contributed by atoms with E-state index in [0.29, 0.717) is 0 Å². The van der Waals surface area contributed by atoms with Gasteiger partial charge in [0.05, 0.1) is 6.54 Å². The fraction of sp³-hybridized carbons (Fsp3) is 0.619. The molecular formula is C21H30N2O. The fourth-order valence-corrected chi connectivity index (χ4v) is 5.07. The van der Waals surface area contributed by atoms with Crippen molar-refractivity contribution in [3.63, 3.8) is 0 Å². The van der Waals surface area contributed by atoms with Gasteiger partial charge in [0.1, 0.15) is 11.3 Å². The molecule has 4 atom stereocenters. The van der Waals surface area contributed by atoms with Gasteiger partial charge in [0.25, 0.3) is 0 Å². The van der Waals surface area contributed by atoms with E-state index in [4.69, 9.17) is 4.42 Å². The first kappa shape index (κ1) is 16.2. The Bertz CT molecular complexity index is 706. The van der Waals surface area contributed by atoms with Gasteiger partial charge in [-0.25, -0.2) is 0 Å². The highest BCUT2D eigenvalue weighted by molar-refractivity contribution is 5.81. The molecule has 3 heteroatoms. The molecule has 0 amide bonds. The summed E-state index contributed by atoms with van der Waals surface area (Å²) in [5, 5.41) is 1.26. The van der Waals surface area contributed by atoms with Gasteiger partial charge in [-0.15, -0.1) is 0 Å². The Morgan fingerprint density at radius 3 is 2.21 bits per heavy atom. The molecule has 2 unspecified atom stereocenters. The van der Waals surface area contributed by atoms with E-state index in [1.165, 1.54) is 36.6 Å². The smallest absolute Gasteiger partial charge is 0.134 e. The summed E-state index contributed by atoms with van der Waals surface area (Å²) >= 11 is 0. The van der Waals surface area contributed by atoms with Crippen molar-refractivity contribution in [3.8, 4) is 0 Å². The minimum Gasteiger partial charge on any atom is -0.459 e. The molecule has 1 aromatic carbocycles. The highest BCUT2D eigenvalue weighted by Crippen LogP contribution is 2.46. The van der Waals surface area contributed by atoms with Crippen molar-refractivity contribution in [2.45, 2.75) is 51.2 Å². The predicted molar refractivity (Wildman–Crippen MR) is 99.1 cm³/mol. The van der Waals surface area contributed by atoms with Gasteiger partial charge >= 0.3 is 0 Å². The summed E-state index contributed by atoms with van der Waals surface area (Å²) in [6.07, 6.45) is 5.52. The van der Waals surface area contributed by atoms with E-state index in [1.807, 2.05) is 0 Å². The quantitative estimate of drug-likeness (QED) is 0.835.